The zero-order valence-electron chi connectivity index (χ0n) is 10.2. The van der Waals surface area contributed by atoms with E-state index < -0.39 is 0 Å². The van der Waals surface area contributed by atoms with Crippen LogP contribution in [0.3, 0.4) is 0 Å². The van der Waals surface area contributed by atoms with Crippen LogP contribution in [0.4, 0.5) is 5.82 Å². The second-order valence-corrected chi connectivity index (χ2v) is 6.47. The van der Waals surface area contributed by atoms with Crippen LogP contribution >= 0.6 is 27.7 Å². The Morgan fingerprint density at radius 2 is 2.50 bits per heavy atom. The molecule has 6 heteroatoms. The first-order valence-corrected chi connectivity index (χ1v) is 7.78. The number of carbonyl (C=O) groups is 1. The maximum absolute atomic E-state index is 12.1. The number of pyridine rings is 1. The average molecular weight is 330 g/mol. The molecule has 4 nitrogen and oxygen atoms in total. The molecule has 1 fully saturated rings. The Labute approximate surface area is 119 Å². The van der Waals surface area contributed by atoms with Crippen molar-refractivity contribution >= 4 is 39.4 Å². The highest BCUT2D eigenvalue weighted by Gasteiger charge is 2.18. The highest BCUT2D eigenvalue weighted by molar-refractivity contribution is 9.10. The van der Waals surface area contributed by atoms with Gasteiger partial charge < -0.3 is 10.6 Å². The molecule has 2 rings (SSSR count). The van der Waals surface area contributed by atoms with Gasteiger partial charge in [0.05, 0.1) is 5.56 Å². The molecule has 0 saturated carbocycles. The number of hydrogen-bond donors (Lipinski definition) is 2. The fourth-order valence-electron chi connectivity index (χ4n) is 1.92. The molecule has 2 N–H and O–H groups in total. The number of aromatic nitrogens is 1. The van der Waals surface area contributed by atoms with Crippen LogP contribution in [0.15, 0.2) is 16.7 Å². The summed E-state index contributed by atoms with van der Waals surface area (Å²) in [6.45, 7) is 0.735. The van der Waals surface area contributed by atoms with Crippen molar-refractivity contribution in [2.45, 2.75) is 18.1 Å². The molecule has 0 bridgehead atoms. The molecule has 1 aliphatic heterocycles. The van der Waals surface area contributed by atoms with Crippen LogP contribution in [-0.4, -0.2) is 35.5 Å². The molecule has 2 heterocycles. The third-order valence-corrected chi connectivity index (χ3v) is 4.68. The Kier molecular flexibility index (Phi) is 4.88. The first-order valence-electron chi connectivity index (χ1n) is 5.94. The lowest BCUT2D eigenvalue weighted by Crippen LogP contribution is -2.30. The van der Waals surface area contributed by atoms with E-state index in [4.69, 9.17) is 0 Å². The predicted octanol–water partition coefficient (Wildman–Crippen LogP) is 2.51. The first kappa shape index (κ1) is 13.7. The second kappa shape index (κ2) is 6.43. The molecule has 98 valence electrons. The van der Waals surface area contributed by atoms with E-state index in [1.54, 1.807) is 19.3 Å². The van der Waals surface area contributed by atoms with Crippen molar-refractivity contribution in [2.75, 3.05) is 24.7 Å². The summed E-state index contributed by atoms with van der Waals surface area (Å²) in [4.78, 5) is 16.3. The quantitative estimate of drug-likeness (QED) is 0.891. The van der Waals surface area contributed by atoms with Gasteiger partial charge in [-0.1, -0.05) is 0 Å². The standard InChI is InChI=1S/C12H16BrN3OS/c1-14-11-10(5-8(13)6-15-11)12(17)16-7-9-3-2-4-18-9/h5-6,9H,2-4,7H2,1H3,(H,14,15)(H,16,17). The molecule has 1 aliphatic rings. The van der Waals surface area contributed by atoms with Crippen molar-refractivity contribution in [1.29, 1.82) is 0 Å². The van der Waals surface area contributed by atoms with Gasteiger partial charge in [0.25, 0.3) is 5.91 Å². The lowest BCUT2D eigenvalue weighted by atomic mass is 10.2. The largest absolute Gasteiger partial charge is 0.372 e. The molecule has 18 heavy (non-hydrogen) atoms. The first-order chi connectivity index (χ1) is 8.70. The van der Waals surface area contributed by atoms with Gasteiger partial charge in [-0.05, 0) is 40.6 Å². The van der Waals surface area contributed by atoms with Crippen molar-refractivity contribution in [2.24, 2.45) is 0 Å². The Hall–Kier alpha value is -0.750. The minimum absolute atomic E-state index is 0.0688. The summed E-state index contributed by atoms with van der Waals surface area (Å²) in [6, 6.07) is 1.79. The van der Waals surface area contributed by atoms with Crippen molar-refractivity contribution < 1.29 is 4.79 Å². The molecular formula is C12H16BrN3OS. The number of amides is 1. The molecule has 0 aromatic carbocycles. The van der Waals surface area contributed by atoms with Gasteiger partial charge in [-0.15, -0.1) is 0 Å². The SMILES string of the molecule is CNc1ncc(Br)cc1C(=O)NCC1CCCS1. The van der Waals surface area contributed by atoms with Crippen LogP contribution in [0.2, 0.25) is 0 Å². The summed E-state index contributed by atoms with van der Waals surface area (Å²) < 4.78 is 0.807. The van der Waals surface area contributed by atoms with E-state index >= 15 is 0 Å². The van der Waals surface area contributed by atoms with Crippen molar-refractivity contribution in [3.63, 3.8) is 0 Å². The summed E-state index contributed by atoms with van der Waals surface area (Å²) in [5, 5.41) is 6.48. The van der Waals surface area contributed by atoms with E-state index in [0.717, 1.165) is 11.0 Å². The molecule has 1 unspecified atom stereocenters. The Balaban J connectivity index is 2.00. The van der Waals surface area contributed by atoms with Crippen LogP contribution in [0.5, 0.6) is 0 Å². The summed E-state index contributed by atoms with van der Waals surface area (Å²) in [5.74, 6) is 1.75. The maximum Gasteiger partial charge on any atom is 0.255 e. The Bertz CT molecular complexity index is 435. The number of rotatable bonds is 4. The van der Waals surface area contributed by atoms with Crippen molar-refractivity contribution in [3.8, 4) is 0 Å². The Morgan fingerprint density at radius 3 is 3.17 bits per heavy atom. The van der Waals surface area contributed by atoms with E-state index in [2.05, 4.69) is 31.5 Å². The molecule has 1 aromatic rings. The fourth-order valence-corrected chi connectivity index (χ4v) is 3.45. The molecule has 0 aliphatic carbocycles. The normalized spacial score (nSPS) is 18.7. The number of carbonyl (C=O) groups excluding carboxylic acids is 1. The van der Waals surface area contributed by atoms with Gasteiger partial charge in [0.15, 0.2) is 0 Å². The fraction of sp³-hybridized carbons (Fsp3) is 0.500. The smallest absolute Gasteiger partial charge is 0.255 e. The summed E-state index contributed by atoms with van der Waals surface area (Å²) >= 11 is 5.27. The topological polar surface area (TPSA) is 54.0 Å². The number of nitrogens with zero attached hydrogens (tertiary/aromatic N) is 1. The van der Waals surface area contributed by atoms with Gasteiger partial charge in [-0.3, -0.25) is 4.79 Å². The van der Waals surface area contributed by atoms with Crippen LogP contribution in [0, 0.1) is 0 Å². The zero-order chi connectivity index (χ0) is 13.0. The third kappa shape index (κ3) is 3.38. The van der Waals surface area contributed by atoms with E-state index in [-0.39, 0.29) is 5.91 Å². The van der Waals surface area contributed by atoms with Crippen LogP contribution in [0.1, 0.15) is 23.2 Å². The minimum Gasteiger partial charge on any atom is -0.372 e. The van der Waals surface area contributed by atoms with Crippen molar-refractivity contribution in [3.05, 3.63) is 22.3 Å². The molecule has 0 radical (unpaired) electrons. The highest BCUT2D eigenvalue weighted by atomic mass is 79.9. The van der Waals surface area contributed by atoms with Crippen molar-refractivity contribution in [1.82, 2.24) is 10.3 Å². The molecule has 1 atom stereocenters. The lowest BCUT2D eigenvalue weighted by Gasteiger charge is -2.12. The summed E-state index contributed by atoms with van der Waals surface area (Å²) in [6.07, 6.45) is 4.13. The zero-order valence-corrected chi connectivity index (χ0v) is 12.6. The highest BCUT2D eigenvalue weighted by Crippen LogP contribution is 2.25. The van der Waals surface area contributed by atoms with Gasteiger partial charge in [-0.25, -0.2) is 4.98 Å². The minimum atomic E-state index is -0.0688. The third-order valence-electron chi connectivity index (χ3n) is 2.85. The second-order valence-electron chi connectivity index (χ2n) is 4.14. The van der Waals surface area contributed by atoms with Gasteiger partial charge >= 0.3 is 0 Å². The molecule has 1 aromatic heterocycles. The molecule has 1 saturated heterocycles. The monoisotopic (exact) mass is 329 g/mol. The molecule has 0 spiro atoms. The number of anilines is 1. The predicted molar refractivity (Wildman–Crippen MR) is 79.3 cm³/mol. The van der Waals surface area contributed by atoms with Gasteiger partial charge in [-0.2, -0.15) is 11.8 Å². The Morgan fingerprint density at radius 1 is 1.67 bits per heavy atom. The number of thioether (sulfide) groups is 1. The average Bonchev–Trinajstić information content (AvgIpc) is 2.89. The molecular weight excluding hydrogens is 314 g/mol. The van der Waals surface area contributed by atoms with Gasteiger partial charge in [0.1, 0.15) is 5.82 Å². The van der Waals surface area contributed by atoms with E-state index in [1.165, 1.54) is 18.6 Å². The van der Waals surface area contributed by atoms with Crippen LogP contribution in [-0.2, 0) is 0 Å². The van der Waals surface area contributed by atoms with Gasteiger partial charge in [0.2, 0.25) is 0 Å². The van der Waals surface area contributed by atoms with Crippen LogP contribution in [0.25, 0.3) is 0 Å². The van der Waals surface area contributed by atoms with E-state index in [0.29, 0.717) is 16.6 Å². The van der Waals surface area contributed by atoms with Gasteiger partial charge in [0, 0.05) is 29.5 Å². The van der Waals surface area contributed by atoms with Crippen LogP contribution < -0.4 is 10.6 Å². The summed E-state index contributed by atoms with van der Waals surface area (Å²) in [7, 11) is 1.76. The lowest BCUT2D eigenvalue weighted by molar-refractivity contribution is 0.0954. The number of nitrogens with one attached hydrogen (secondary N) is 2. The van der Waals surface area contributed by atoms with E-state index in [1.807, 2.05) is 11.8 Å². The summed E-state index contributed by atoms with van der Waals surface area (Å²) in [5.41, 5.74) is 0.579. The number of halogens is 1. The number of hydrogen-bond acceptors (Lipinski definition) is 4. The van der Waals surface area contributed by atoms with E-state index in [9.17, 15) is 4.79 Å². The molecule has 1 amide bonds. The maximum atomic E-state index is 12.1.